The second-order valence-corrected chi connectivity index (χ2v) is 8.24. The van der Waals surface area contributed by atoms with E-state index in [4.69, 9.17) is 23.2 Å². The third-order valence-electron chi connectivity index (χ3n) is 5.53. The predicted octanol–water partition coefficient (Wildman–Crippen LogP) is 3.35. The molecule has 1 saturated heterocycles. The van der Waals surface area contributed by atoms with Crippen molar-refractivity contribution in [1.29, 1.82) is 0 Å². The van der Waals surface area contributed by atoms with E-state index >= 15 is 0 Å². The summed E-state index contributed by atoms with van der Waals surface area (Å²) < 4.78 is 0. The summed E-state index contributed by atoms with van der Waals surface area (Å²) in [5, 5.41) is 11.0. The standard InChI is InChI=1S/C19H20Cl2N4O2/c20-14-3-2-12(16(21)7-14)8-19(4-1-5-19)24-18(27)13-6-17(26)25(11-13)15-9-22-23-10-15/h2-3,7,9-10,13H,1,4-6,8,11H2,(H,22,23)(H,24,27). The van der Waals surface area contributed by atoms with E-state index in [2.05, 4.69) is 15.5 Å². The fourth-order valence-electron chi connectivity index (χ4n) is 3.87. The number of carbonyl (C=O) groups is 2. The van der Waals surface area contributed by atoms with Crippen LogP contribution in [0.5, 0.6) is 0 Å². The van der Waals surface area contributed by atoms with Gasteiger partial charge in [0, 0.05) is 34.7 Å². The lowest BCUT2D eigenvalue weighted by Gasteiger charge is -2.43. The fraction of sp³-hybridized carbons (Fsp3) is 0.421. The lowest BCUT2D eigenvalue weighted by Crippen LogP contribution is -2.56. The van der Waals surface area contributed by atoms with Gasteiger partial charge in [-0.3, -0.25) is 14.7 Å². The molecular weight excluding hydrogens is 387 g/mol. The van der Waals surface area contributed by atoms with Gasteiger partial charge in [0.1, 0.15) is 0 Å². The number of halogens is 2. The summed E-state index contributed by atoms with van der Waals surface area (Å²) in [5.74, 6) is -0.482. The average Bonchev–Trinajstić information content (AvgIpc) is 3.24. The Morgan fingerprint density at radius 1 is 1.37 bits per heavy atom. The smallest absolute Gasteiger partial charge is 0.227 e. The summed E-state index contributed by atoms with van der Waals surface area (Å²) in [6.07, 6.45) is 7.02. The van der Waals surface area contributed by atoms with Crippen LogP contribution in [0.2, 0.25) is 10.0 Å². The number of rotatable bonds is 5. The van der Waals surface area contributed by atoms with Gasteiger partial charge in [-0.1, -0.05) is 29.3 Å². The van der Waals surface area contributed by atoms with E-state index in [1.807, 2.05) is 12.1 Å². The van der Waals surface area contributed by atoms with Gasteiger partial charge < -0.3 is 10.2 Å². The number of nitrogens with one attached hydrogen (secondary N) is 2. The molecule has 2 N–H and O–H groups in total. The van der Waals surface area contributed by atoms with Crippen LogP contribution in [-0.2, 0) is 16.0 Å². The largest absolute Gasteiger partial charge is 0.350 e. The Kier molecular flexibility index (Phi) is 4.86. The second-order valence-electron chi connectivity index (χ2n) is 7.40. The molecule has 1 atom stereocenters. The van der Waals surface area contributed by atoms with Crippen molar-refractivity contribution in [3.05, 3.63) is 46.2 Å². The van der Waals surface area contributed by atoms with Crippen LogP contribution in [0.4, 0.5) is 5.69 Å². The van der Waals surface area contributed by atoms with Gasteiger partial charge in [0.05, 0.1) is 17.8 Å². The van der Waals surface area contributed by atoms with Crippen molar-refractivity contribution in [2.75, 3.05) is 11.4 Å². The number of benzene rings is 1. The Bertz CT molecular complexity index is 865. The minimum atomic E-state index is -0.356. The van der Waals surface area contributed by atoms with Crippen molar-refractivity contribution in [2.24, 2.45) is 5.92 Å². The SMILES string of the molecule is O=C(NC1(Cc2ccc(Cl)cc2Cl)CCC1)C1CC(=O)N(c2cn[nH]c2)C1. The van der Waals surface area contributed by atoms with Crippen molar-refractivity contribution in [2.45, 2.75) is 37.6 Å². The van der Waals surface area contributed by atoms with Crippen LogP contribution in [0.15, 0.2) is 30.6 Å². The highest BCUT2D eigenvalue weighted by Gasteiger charge is 2.42. The number of hydrogen-bond donors (Lipinski definition) is 2. The Morgan fingerprint density at radius 2 is 2.19 bits per heavy atom. The molecule has 8 heteroatoms. The Balaban J connectivity index is 1.44. The highest BCUT2D eigenvalue weighted by Crippen LogP contribution is 2.38. The van der Waals surface area contributed by atoms with E-state index in [1.165, 1.54) is 0 Å². The first-order valence-corrected chi connectivity index (χ1v) is 9.76. The summed E-state index contributed by atoms with van der Waals surface area (Å²) in [6.45, 7) is 0.377. The summed E-state index contributed by atoms with van der Waals surface area (Å²) in [5.41, 5.74) is 1.38. The third-order valence-corrected chi connectivity index (χ3v) is 6.12. The maximum Gasteiger partial charge on any atom is 0.227 e. The van der Waals surface area contributed by atoms with Crippen LogP contribution < -0.4 is 10.2 Å². The molecule has 0 bridgehead atoms. The van der Waals surface area contributed by atoms with Crippen molar-refractivity contribution in [3.8, 4) is 0 Å². The number of hydrogen-bond acceptors (Lipinski definition) is 3. The highest BCUT2D eigenvalue weighted by molar-refractivity contribution is 6.35. The van der Waals surface area contributed by atoms with E-state index in [-0.39, 0.29) is 29.7 Å². The number of H-pyrrole nitrogens is 1. The van der Waals surface area contributed by atoms with Gasteiger partial charge in [-0.05, 0) is 43.4 Å². The minimum Gasteiger partial charge on any atom is -0.350 e. The molecule has 1 aliphatic heterocycles. The Hall–Kier alpha value is -2.05. The molecule has 0 radical (unpaired) electrons. The molecule has 6 nitrogen and oxygen atoms in total. The van der Waals surface area contributed by atoms with Gasteiger partial charge in [-0.2, -0.15) is 5.10 Å². The van der Waals surface area contributed by atoms with Crippen LogP contribution in [0, 0.1) is 5.92 Å². The number of aromatic amines is 1. The summed E-state index contributed by atoms with van der Waals surface area (Å²) in [4.78, 5) is 26.8. The van der Waals surface area contributed by atoms with Crippen LogP contribution in [0.25, 0.3) is 0 Å². The monoisotopic (exact) mass is 406 g/mol. The van der Waals surface area contributed by atoms with Crippen LogP contribution in [0.3, 0.4) is 0 Å². The Morgan fingerprint density at radius 3 is 2.81 bits per heavy atom. The molecule has 2 amide bonds. The molecule has 4 rings (SSSR count). The molecule has 1 aromatic heterocycles. The molecule has 2 fully saturated rings. The van der Waals surface area contributed by atoms with Crippen LogP contribution in [0.1, 0.15) is 31.2 Å². The van der Waals surface area contributed by atoms with Crippen molar-refractivity contribution in [1.82, 2.24) is 15.5 Å². The van der Waals surface area contributed by atoms with Gasteiger partial charge in [-0.25, -0.2) is 0 Å². The first kappa shape index (κ1) is 18.3. The van der Waals surface area contributed by atoms with E-state index < -0.39 is 0 Å². The van der Waals surface area contributed by atoms with Crippen LogP contribution >= 0.6 is 23.2 Å². The molecule has 2 heterocycles. The van der Waals surface area contributed by atoms with Gasteiger partial charge in [0.25, 0.3) is 0 Å². The number of anilines is 1. The summed E-state index contributed by atoms with van der Waals surface area (Å²) in [7, 11) is 0. The van der Waals surface area contributed by atoms with E-state index in [9.17, 15) is 9.59 Å². The maximum atomic E-state index is 12.9. The summed E-state index contributed by atoms with van der Waals surface area (Å²) in [6, 6.07) is 5.46. The second kappa shape index (κ2) is 7.17. The zero-order valence-electron chi connectivity index (χ0n) is 14.7. The van der Waals surface area contributed by atoms with E-state index in [0.717, 1.165) is 24.8 Å². The minimum absolute atomic E-state index is 0.0556. The molecule has 0 spiro atoms. The van der Waals surface area contributed by atoms with Crippen molar-refractivity contribution >= 4 is 40.7 Å². The maximum absolute atomic E-state index is 12.9. The summed E-state index contributed by atoms with van der Waals surface area (Å²) >= 11 is 12.3. The molecule has 27 heavy (non-hydrogen) atoms. The molecule has 1 unspecified atom stereocenters. The van der Waals surface area contributed by atoms with E-state index in [1.54, 1.807) is 23.4 Å². The topological polar surface area (TPSA) is 78.1 Å². The van der Waals surface area contributed by atoms with Crippen LogP contribution in [-0.4, -0.2) is 34.1 Å². The molecular formula is C19H20Cl2N4O2. The lowest BCUT2D eigenvalue weighted by atomic mass is 9.72. The predicted molar refractivity (Wildman–Crippen MR) is 104 cm³/mol. The Labute approximate surface area is 167 Å². The first-order chi connectivity index (χ1) is 13.0. The van der Waals surface area contributed by atoms with Gasteiger partial charge >= 0.3 is 0 Å². The zero-order valence-corrected chi connectivity index (χ0v) is 16.2. The molecule has 1 saturated carbocycles. The lowest BCUT2D eigenvalue weighted by molar-refractivity contribution is -0.129. The normalized spacial score (nSPS) is 21.2. The number of aromatic nitrogens is 2. The fourth-order valence-corrected chi connectivity index (χ4v) is 4.34. The van der Waals surface area contributed by atoms with Crippen molar-refractivity contribution < 1.29 is 9.59 Å². The van der Waals surface area contributed by atoms with E-state index in [0.29, 0.717) is 28.7 Å². The van der Waals surface area contributed by atoms with Gasteiger partial charge in [0.2, 0.25) is 11.8 Å². The third kappa shape index (κ3) is 3.69. The average molecular weight is 407 g/mol. The zero-order chi connectivity index (χ0) is 19.0. The molecule has 142 valence electrons. The number of amides is 2. The molecule has 1 aliphatic carbocycles. The molecule has 2 aromatic rings. The van der Waals surface area contributed by atoms with Gasteiger partial charge in [-0.15, -0.1) is 0 Å². The quantitative estimate of drug-likeness (QED) is 0.798. The molecule has 1 aromatic carbocycles. The number of carbonyl (C=O) groups excluding carboxylic acids is 2. The number of nitrogens with zero attached hydrogens (tertiary/aromatic N) is 2. The first-order valence-electron chi connectivity index (χ1n) is 9.01. The highest BCUT2D eigenvalue weighted by atomic mass is 35.5. The van der Waals surface area contributed by atoms with Gasteiger partial charge in [0.15, 0.2) is 0 Å². The van der Waals surface area contributed by atoms with Crippen molar-refractivity contribution in [3.63, 3.8) is 0 Å². The molecule has 2 aliphatic rings.